The molecule has 0 heterocycles. The Bertz CT molecular complexity index is 957. The molecule has 2 saturated carbocycles. The van der Waals surface area contributed by atoms with Crippen LogP contribution in [0.2, 0.25) is 0 Å². The van der Waals surface area contributed by atoms with Crippen LogP contribution in [-0.2, 0) is 9.59 Å². The maximum Gasteiger partial charge on any atom is 0.306 e. The number of carboxylic acids is 1. The fourth-order valence-electron chi connectivity index (χ4n) is 9.31. The highest BCUT2D eigenvalue weighted by Crippen LogP contribution is 2.72. The molecule has 7 atom stereocenters. The monoisotopic (exact) mass is 484 g/mol. The van der Waals surface area contributed by atoms with Crippen molar-refractivity contribution in [2.75, 3.05) is 0 Å². The number of carboxylic acid groups (broad SMARTS) is 1. The van der Waals surface area contributed by atoms with E-state index in [4.69, 9.17) is 0 Å². The molecule has 2 N–H and O–H groups in total. The lowest BCUT2D eigenvalue weighted by Crippen LogP contribution is -2.55. The number of Topliss-reactive ketones (excluding diaryl/α,β-unsaturated/α-hetero) is 1. The summed E-state index contributed by atoms with van der Waals surface area (Å²) >= 11 is 0. The van der Waals surface area contributed by atoms with Gasteiger partial charge in [-0.05, 0) is 80.0 Å². The zero-order chi connectivity index (χ0) is 26.1. The SMILES string of the molecule is C=C(CC[C@@H](C(=O)O)[C@H]1C[C@H](O)[C@@]2(C)C3=C(CC[C@]12C)[C@@]1(C)CCC(=O)C(C)(C)[C@H]1CC3)C(C)C. The summed E-state index contributed by atoms with van der Waals surface area (Å²) in [4.78, 5) is 25.4. The van der Waals surface area contributed by atoms with Gasteiger partial charge in [-0.15, -0.1) is 0 Å². The fraction of sp³-hybridized carbons (Fsp3) is 0.806. The van der Waals surface area contributed by atoms with Gasteiger partial charge in [0.1, 0.15) is 5.78 Å². The molecule has 4 nitrogen and oxygen atoms in total. The van der Waals surface area contributed by atoms with Crippen LogP contribution < -0.4 is 0 Å². The van der Waals surface area contributed by atoms with Gasteiger partial charge in [0.05, 0.1) is 12.0 Å². The lowest BCUT2D eigenvalue weighted by atomic mass is 9.43. The number of hydrogen-bond donors (Lipinski definition) is 2. The summed E-state index contributed by atoms with van der Waals surface area (Å²) in [5.74, 6) is -0.164. The number of aliphatic carboxylic acids is 1. The van der Waals surface area contributed by atoms with Gasteiger partial charge in [-0.25, -0.2) is 0 Å². The molecule has 196 valence electrons. The number of allylic oxidation sites excluding steroid dienone is 2. The van der Waals surface area contributed by atoms with E-state index in [1.807, 2.05) is 0 Å². The number of carbonyl (C=O) groups excluding carboxylic acids is 1. The van der Waals surface area contributed by atoms with Crippen molar-refractivity contribution in [1.82, 2.24) is 0 Å². The third kappa shape index (κ3) is 3.63. The number of ketones is 1. The van der Waals surface area contributed by atoms with Gasteiger partial charge in [0.2, 0.25) is 0 Å². The van der Waals surface area contributed by atoms with Gasteiger partial charge >= 0.3 is 5.97 Å². The largest absolute Gasteiger partial charge is 0.481 e. The quantitative estimate of drug-likeness (QED) is 0.399. The highest BCUT2D eigenvalue weighted by molar-refractivity contribution is 5.85. The van der Waals surface area contributed by atoms with Crippen molar-refractivity contribution in [3.8, 4) is 0 Å². The van der Waals surface area contributed by atoms with Gasteiger partial charge in [0.25, 0.3) is 0 Å². The van der Waals surface area contributed by atoms with Gasteiger partial charge in [0.15, 0.2) is 0 Å². The van der Waals surface area contributed by atoms with Gasteiger partial charge < -0.3 is 10.2 Å². The van der Waals surface area contributed by atoms with Gasteiger partial charge in [0, 0.05) is 17.3 Å². The molecule has 0 radical (unpaired) electrons. The normalized spacial score (nSPS) is 41.3. The van der Waals surface area contributed by atoms with E-state index < -0.39 is 23.4 Å². The Kier molecular flexibility index (Phi) is 6.52. The summed E-state index contributed by atoms with van der Waals surface area (Å²) in [6, 6.07) is 0. The van der Waals surface area contributed by atoms with Crippen LogP contribution in [0.3, 0.4) is 0 Å². The molecule has 4 aliphatic carbocycles. The minimum absolute atomic E-state index is 0.00561. The molecule has 0 bridgehead atoms. The van der Waals surface area contributed by atoms with E-state index in [-0.39, 0.29) is 22.2 Å². The Balaban J connectivity index is 1.73. The summed E-state index contributed by atoms with van der Waals surface area (Å²) < 4.78 is 0. The predicted octanol–water partition coefficient (Wildman–Crippen LogP) is 6.97. The zero-order valence-corrected chi connectivity index (χ0v) is 23.2. The lowest BCUT2D eigenvalue weighted by molar-refractivity contribution is -0.146. The first-order chi connectivity index (χ1) is 16.1. The van der Waals surface area contributed by atoms with E-state index in [1.165, 1.54) is 11.1 Å². The minimum atomic E-state index is -0.729. The van der Waals surface area contributed by atoms with E-state index in [2.05, 4.69) is 55.0 Å². The zero-order valence-electron chi connectivity index (χ0n) is 23.2. The molecule has 2 fully saturated rings. The average molecular weight is 485 g/mol. The van der Waals surface area contributed by atoms with Crippen molar-refractivity contribution in [2.45, 2.75) is 112 Å². The third-order valence-electron chi connectivity index (χ3n) is 12.0. The maximum absolute atomic E-state index is 12.8. The molecule has 0 aromatic heterocycles. The summed E-state index contributed by atoms with van der Waals surface area (Å²) in [5.41, 5.74) is 3.03. The number of fused-ring (bicyclic) bond motifs is 4. The molecular formula is C31H48O4. The van der Waals surface area contributed by atoms with Crippen molar-refractivity contribution in [2.24, 2.45) is 45.3 Å². The second-order valence-corrected chi connectivity index (χ2v) is 13.9. The first kappa shape index (κ1) is 26.6. The molecule has 0 spiro atoms. The predicted molar refractivity (Wildman–Crippen MR) is 140 cm³/mol. The smallest absolute Gasteiger partial charge is 0.306 e. The van der Waals surface area contributed by atoms with E-state index in [9.17, 15) is 19.8 Å². The second-order valence-electron chi connectivity index (χ2n) is 13.9. The van der Waals surface area contributed by atoms with Crippen molar-refractivity contribution in [1.29, 1.82) is 0 Å². The Morgan fingerprint density at radius 1 is 1.06 bits per heavy atom. The molecule has 0 aliphatic heterocycles. The Hall–Kier alpha value is -1.42. The van der Waals surface area contributed by atoms with Crippen LogP contribution in [0, 0.1) is 45.3 Å². The number of carbonyl (C=O) groups is 2. The fourth-order valence-corrected chi connectivity index (χ4v) is 9.31. The van der Waals surface area contributed by atoms with E-state index in [0.29, 0.717) is 36.9 Å². The Morgan fingerprint density at radius 2 is 1.71 bits per heavy atom. The van der Waals surface area contributed by atoms with Crippen LogP contribution in [-0.4, -0.2) is 28.1 Å². The first-order valence-corrected chi connectivity index (χ1v) is 14.0. The highest BCUT2D eigenvalue weighted by Gasteiger charge is 2.67. The van der Waals surface area contributed by atoms with E-state index in [1.54, 1.807) is 0 Å². The molecule has 4 rings (SSSR count). The van der Waals surface area contributed by atoms with Crippen molar-refractivity contribution in [3.05, 3.63) is 23.3 Å². The molecule has 35 heavy (non-hydrogen) atoms. The molecule has 4 aliphatic rings. The first-order valence-electron chi connectivity index (χ1n) is 14.0. The third-order valence-corrected chi connectivity index (χ3v) is 12.0. The van der Waals surface area contributed by atoms with Crippen LogP contribution in [0.1, 0.15) is 106 Å². The van der Waals surface area contributed by atoms with Crippen LogP contribution in [0.5, 0.6) is 0 Å². The second kappa shape index (κ2) is 8.57. The number of hydrogen-bond acceptors (Lipinski definition) is 3. The van der Waals surface area contributed by atoms with Gasteiger partial charge in [-0.1, -0.05) is 71.8 Å². The lowest BCUT2D eigenvalue weighted by Gasteiger charge is -2.61. The Morgan fingerprint density at radius 3 is 2.31 bits per heavy atom. The standard InChI is InChI=1S/C31H48O4/c1-18(2)19(3)9-10-20(27(34)35)23-17-26(33)31(8)22-11-12-24-28(4,5)25(32)14-15-29(24,6)21(22)13-16-30(23,31)7/h18,20,23-24,26,33H,3,9-17H2,1-2,4-8H3,(H,34,35)/t20-,23-,24-,26+,29-,30-,31-/m1/s1. The summed E-state index contributed by atoms with van der Waals surface area (Å²) in [5, 5.41) is 22.0. The summed E-state index contributed by atoms with van der Waals surface area (Å²) in [6.07, 6.45) is 6.66. The van der Waals surface area contributed by atoms with Crippen molar-refractivity contribution < 1.29 is 19.8 Å². The summed E-state index contributed by atoms with van der Waals surface area (Å²) in [6.45, 7) is 19.6. The van der Waals surface area contributed by atoms with Crippen molar-refractivity contribution >= 4 is 11.8 Å². The topological polar surface area (TPSA) is 74.6 Å². The van der Waals surface area contributed by atoms with Crippen LogP contribution in [0.15, 0.2) is 23.3 Å². The Labute approximate surface area is 212 Å². The number of aliphatic hydroxyl groups is 1. The van der Waals surface area contributed by atoms with E-state index >= 15 is 0 Å². The van der Waals surface area contributed by atoms with Gasteiger partial charge in [-0.2, -0.15) is 0 Å². The molecule has 0 saturated heterocycles. The van der Waals surface area contributed by atoms with E-state index in [0.717, 1.165) is 44.1 Å². The molecular weight excluding hydrogens is 436 g/mol. The van der Waals surface area contributed by atoms with Gasteiger partial charge in [-0.3, -0.25) is 9.59 Å². The molecule has 0 amide bonds. The summed E-state index contributed by atoms with van der Waals surface area (Å²) in [7, 11) is 0. The number of aliphatic hydroxyl groups excluding tert-OH is 1. The molecule has 0 aromatic rings. The maximum atomic E-state index is 12.8. The molecule has 0 unspecified atom stereocenters. The van der Waals surface area contributed by atoms with Crippen LogP contribution in [0.4, 0.5) is 0 Å². The minimum Gasteiger partial charge on any atom is -0.481 e. The van der Waals surface area contributed by atoms with Crippen molar-refractivity contribution in [3.63, 3.8) is 0 Å². The van der Waals surface area contributed by atoms with Crippen LogP contribution in [0.25, 0.3) is 0 Å². The molecule has 4 heteroatoms. The highest BCUT2D eigenvalue weighted by atomic mass is 16.4. The van der Waals surface area contributed by atoms with Crippen LogP contribution >= 0.6 is 0 Å². The average Bonchev–Trinajstić information content (AvgIpc) is 2.98. The number of rotatable bonds is 6. The molecule has 0 aromatic carbocycles.